The minimum Gasteiger partial charge on any atom is -0.352 e. The molecule has 2 N–H and O–H groups in total. The van der Waals surface area contributed by atoms with Crippen LogP contribution < -0.4 is 15.5 Å². The molecule has 1 aromatic rings. The maximum atomic E-state index is 11.9. The van der Waals surface area contributed by atoms with E-state index in [0.717, 1.165) is 25.9 Å². The fourth-order valence-electron chi connectivity index (χ4n) is 2.13. The van der Waals surface area contributed by atoms with Crippen molar-refractivity contribution in [3.05, 3.63) is 5.28 Å². The van der Waals surface area contributed by atoms with Gasteiger partial charge in [0.15, 0.2) is 0 Å². The molecular formula is C13H21ClN6O. The van der Waals surface area contributed by atoms with Gasteiger partial charge in [-0.2, -0.15) is 15.0 Å². The Kier molecular flexibility index (Phi) is 5.17. The van der Waals surface area contributed by atoms with Gasteiger partial charge in [-0.05, 0) is 45.2 Å². The molecule has 1 saturated heterocycles. The number of carbonyl (C=O) groups is 1. The Morgan fingerprint density at radius 3 is 2.48 bits per heavy atom. The van der Waals surface area contributed by atoms with E-state index in [1.807, 2.05) is 13.8 Å². The van der Waals surface area contributed by atoms with Gasteiger partial charge in [0.25, 0.3) is 0 Å². The van der Waals surface area contributed by atoms with E-state index in [-0.39, 0.29) is 17.2 Å². The first-order valence-corrected chi connectivity index (χ1v) is 7.57. The highest BCUT2D eigenvalue weighted by atomic mass is 35.5. The Balaban J connectivity index is 2.07. The van der Waals surface area contributed by atoms with Crippen LogP contribution in [0.25, 0.3) is 0 Å². The molecule has 0 saturated carbocycles. The van der Waals surface area contributed by atoms with Crippen molar-refractivity contribution >= 4 is 29.4 Å². The predicted octanol–water partition coefficient (Wildman–Crippen LogP) is 1.45. The fraction of sp³-hybridized carbons (Fsp3) is 0.692. The second kappa shape index (κ2) is 6.89. The number of carbonyl (C=O) groups excluding carboxylic acids is 1. The van der Waals surface area contributed by atoms with Gasteiger partial charge in [-0.3, -0.25) is 4.79 Å². The van der Waals surface area contributed by atoms with Crippen LogP contribution >= 0.6 is 11.6 Å². The van der Waals surface area contributed by atoms with Gasteiger partial charge in [0.05, 0.1) is 0 Å². The van der Waals surface area contributed by atoms with Gasteiger partial charge in [0.1, 0.15) is 6.04 Å². The second-order valence-electron chi connectivity index (χ2n) is 5.45. The summed E-state index contributed by atoms with van der Waals surface area (Å²) in [5, 5.41) is 5.93. The Hall–Kier alpha value is -1.63. The van der Waals surface area contributed by atoms with Crippen LogP contribution in [-0.4, -0.2) is 46.0 Å². The summed E-state index contributed by atoms with van der Waals surface area (Å²) >= 11 is 5.95. The SMILES string of the molecule is CC(C)NC(=O)C(C)Nc1nc(Cl)nc(N2CCCC2)n1. The van der Waals surface area contributed by atoms with Gasteiger partial charge in [-0.1, -0.05) is 0 Å². The number of hydrogen-bond acceptors (Lipinski definition) is 6. The standard InChI is InChI=1S/C13H21ClN6O/c1-8(2)15-10(21)9(3)16-12-17-11(14)18-13(19-12)20-6-4-5-7-20/h8-9H,4-7H2,1-3H3,(H,15,21)(H,16,17,18,19). The number of halogens is 1. The van der Waals surface area contributed by atoms with E-state index in [4.69, 9.17) is 11.6 Å². The summed E-state index contributed by atoms with van der Waals surface area (Å²) < 4.78 is 0. The maximum Gasteiger partial charge on any atom is 0.242 e. The molecule has 0 bridgehead atoms. The number of rotatable bonds is 5. The summed E-state index contributed by atoms with van der Waals surface area (Å²) in [4.78, 5) is 26.5. The smallest absolute Gasteiger partial charge is 0.242 e. The zero-order valence-corrected chi connectivity index (χ0v) is 13.3. The minimum atomic E-state index is -0.447. The van der Waals surface area contributed by atoms with Gasteiger partial charge < -0.3 is 15.5 Å². The molecule has 7 nitrogen and oxygen atoms in total. The summed E-state index contributed by atoms with van der Waals surface area (Å²) in [5.41, 5.74) is 0. The van der Waals surface area contributed by atoms with Gasteiger partial charge in [-0.25, -0.2) is 0 Å². The summed E-state index contributed by atoms with van der Waals surface area (Å²) in [6.45, 7) is 7.42. The molecule has 21 heavy (non-hydrogen) atoms. The number of nitrogens with zero attached hydrogens (tertiary/aromatic N) is 4. The van der Waals surface area contributed by atoms with Gasteiger partial charge in [0.2, 0.25) is 23.1 Å². The molecule has 116 valence electrons. The van der Waals surface area contributed by atoms with Crippen molar-refractivity contribution in [3.63, 3.8) is 0 Å². The summed E-state index contributed by atoms with van der Waals surface area (Å²) in [5.74, 6) is 0.777. The normalized spacial score (nSPS) is 16.1. The molecule has 1 atom stereocenters. The van der Waals surface area contributed by atoms with Crippen molar-refractivity contribution in [2.45, 2.75) is 45.7 Å². The van der Waals surface area contributed by atoms with Crippen LogP contribution in [0.1, 0.15) is 33.6 Å². The monoisotopic (exact) mass is 312 g/mol. The first-order valence-electron chi connectivity index (χ1n) is 7.19. The molecule has 1 aliphatic heterocycles. The number of anilines is 2. The Bertz CT molecular complexity index is 503. The van der Waals surface area contributed by atoms with Crippen LogP contribution in [0.15, 0.2) is 0 Å². The van der Waals surface area contributed by atoms with Crippen molar-refractivity contribution in [1.82, 2.24) is 20.3 Å². The molecule has 0 aliphatic carbocycles. The second-order valence-corrected chi connectivity index (χ2v) is 5.79. The van der Waals surface area contributed by atoms with Crippen LogP contribution in [-0.2, 0) is 4.79 Å². The van der Waals surface area contributed by atoms with Crippen molar-refractivity contribution in [1.29, 1.82) is 0 Å². The summed E-state index contributed by atoms with van der Waals surface area (Å²) in [7, 11) is 0. The molecular weight excluding hydrogens is 292 g/mol. The van der Waals surface area contributed by atoms with Crippen molar-refractivity contribution in [3.8, 4) is 0 Å². The Morgan fingerprint density at radius 2 is 1.86 bits per heavy atom. The molecule has 2 rings (SSSR count). The molecule has 2 heterocycles. The molecule has 1 aromatic heterocycles. The molecule has 0 radical (unpaired) electrons. The molecule has 1 fully saturated rings. The minimum absolute atomic E-state index is 0.0869. The van der Waals surface area contributed by atoms with Crippen molar-refractivity contribution in [2.24, 2.45) is 0 Å². The van der Waals surface area contributed by atoms with Crippen molar-refractivity contribution in [2.75, 3.05) is 23.3 Å². The van der Waals surface area contributed by atoms with E-state index >= 15 is 0 Å². The van der Waals surface area contributed by atoms with Crippen molar-refractivity contribution < 1.29 is 4.79 Å². The zero-order chi connectivity index (χ0) is 15.4. The molecule has 1 unspecified atom stereocenters. The lowest BCUT2D eigenvalue weighted by molar-refractivity contribution is -0.122. The average Bonchev–Trinajstić information content (AvgIpc) is 2.90. The number of amides is 1. The molecule has 0 aromatic carbocycles. The molecule has 1 amide bonds. The van der Waals surface area contributed by atoms with E-state index in [9.17, 15) is 4.79 Å². The highest BCUT2D eigenvalue weighted by Crippen LogP contribution is 2.18. The molecule has 8 heteroatoms. The average molecular weight is 313 g/mol. The largest absolute Gasteiger partial charge is 0.352 e. The first-order chi connectivity index (χ1) is 9.95. The van der Waals surface area contributed by atoms with Crippen LogP contribution in [0, 0.1) is 0 Å². The first kappa shape index (κ1) is 15.8. The third-order valence-electron chi connectivity index (χ3n) is 3.16. The van der Waals surface area contributed by atoms with Gasteiger partial charge in [0, 0.05) is 19.1 Å². The fourth-order valence-corrected chi connectivity index (χ4v) is 2.29. The number of hydrogen-bond donors (Lipinski definition) is 2. The number of aromatic nitrogens is 3. The highest BCUT2D eigenvalue weighted by molar-refractivity contribution is 6.28. The lowest BCUT2D eigenvalue weighted by Crippen LogP contribution is -2.41. The van der Waals surface area contributed by atoms with Crippen LogP contribution in [0.5, 0.6) is 0 Å². The zero-order valence-electron chi connectivity index (χ0n) is 12.6. The third kappa shape index (κ3) is 4.42. The summed E-state index contributed by atoms with van der Waals surface area (Å²) in [6.07, 6.45) is 2.25. The molecule has 0 spiro atoms. The van der Waals surface area contributed by atoms with Crippen LogP contribution in [0.4, 0.5) is 11.9 Å². The highest BCUT2D eigenvalue weighted by Gasteiger charge is 2.19. The van der Waals surface area contributed by atoms with Gasteiger partial charge >= 0.3 is 0 Å². The molecule has 1 aliphatic rings. The van der Waals surface area contributed by atoms with E-state index < -0.39 is 6.04 Å². The number of nitrogens with one attached hydrogen (secondary N) is 2. The van der Waals surface area contributed by atoms with Gasteiger partial charge in [-0.15, -0.1) is 0 Å². The topological polar surface area (TPSA) is 83.0 Å². The van der Waals surface area contributed by atoms with Crippen LogP contribution in [0.3, 0.4) is 0 Å². The maximum absolute atomic E-state index is 11.9. The van der Waals surface area contributed by atoms with E-state index in [2.05, 4.69) is 30.5 Å². The Morgan fingerprint density at radius 1 is 1.19 bits per heavy atom. The lowest BCUT2D eigenvalue weighted by Gasteiger charge is -2.18. The third-order valence-corrected chi connectivity index (χ3v) is 3.32. The lowest BCUT2D eigenvalue weighted by atomic mass is 10.3. The van der Waals surface area contributed by atoms with E-state index in [1.165, 1.54) is 0 Å². The Labute approximate surface area is 129 Å². The van der Waals surface area contributed by atoms with E-state index in [0.29, 0.717) is 11.9 Å². The summed E-state index contributed by atoms with van der Waals surface area (Å²) in [6, 6.07) is -0.360. The van der Waals surface area contributed by atoms with E-state index in [1.54, 1.807) is 6.92 Å². The quantitative estimate of drug-likeness (QED) is 0.856. The van der Waals surface area contributed by atoms with Crippen LogP contribution in [0.2, 0.25) is 5.28 Å². The predicted molar refractivity (Wildman–Crippen MR) is 82.6 cm³/mol.